The highest BCUT2D eigenvalue weighted by Gasteiger charge is 2.28. The van der Waals surface area contributed by atoms with Gasteiger partial charge >= 0.3 is 12.2 Å². The number of nitrogens with zero attached hydrogens (tertiary/aromatic N) is 3. The van der Waals surface area contributed by atoms with Crippen molar-refractivity contribution in [3.63, 3.8) is 0 Å². The number of nitrogens with one attached hydrogen (secondary N) is 2. The zero-order chi connectivity index (χ0) is 28.5. The second kappa shape index (κ2) is 10.4. The lowest BCUT2D eigenvalue weighted by molar-refractivity contribution is 0.0467. The van der Waals surface area contributed by atoms with Crippen molar-refractivity contribution in [2.24, 2.45) is 0 Å². The summed E-state index contributed by atoms with van der Waals surface area (Å²) in [5, 5.41) is 6.40. The van der Waals surface area contributed by atoms with E-state index in [1.807, 2.05) is 31.2 Å². The Kier molecular flexibility index (Phi) is 7.86. The molecule has 10 heteroatoms. The van der Waals surface area contributed by atoms with Crippen LogP contribution in [0.25, 0.3) is 22.3 Å². The van der Waals surface area contributed by atoms with Crippen molar-refractivity contribution in [3.05, 3.63) is 47.9 Å². The lowest BCUT2D eigenvalue weighted by Gasteiger charge is -2.28. The Bertz CT molecular complexity index is 1360. The standard InChI is InChI=1S/C28H37N5O5/c1-17-18-12-10-11-13-21(18)33(25(36)38-27(5,6)7)22(17)19-14-29-15-20(31-19)23(34)30-16-28(8,9)32-24(35)37-26(2,3)4/h10-15H,16H2,1-9H3,(H,30,34)(H,32,35). The monoisotopic (exact) mass is 523 g/mol. The van der Waals surface area contributed by atoms with Crippen LogP contribution in [0.15, 0.2) is 36.7 Å². The molecule has 3 aromatic rings. The van der Waals surface area contributed by atoms with E-state index >= 15 is 0 Å². The maximum atomic E-state index is 13.3. The largest absolute Gasteiger partial charge is 0.444 e. The summed E-state index contributed by atoms with van der Waals surface area (Å²) in [7, 11) is 0. The predicted octanol–water partition coefficient (Wildman–Crippen LogP) is 5.22. The minimum Gasteiger partial charge on any atom is -0.444 e. The lowest BCUT2D eigenvalue weighted by atomic mass is 10.1. The van der Waals surface area contributed by atoms with E-state index < -0.39 is 34.8 Å². The zero-order valence-electron chi connectivity index (χ0n) is 23.6. The summed E-state index contributed by atoms with van der Waals surface area (Å²) in [5.41, 5.74) is 0.249. The number of carbonyl (C=O) groups excluding carboxylic acids is 3. The molecule has 2 amide bonds. The summed E-state index contributed by atoms with van der Waals surface area (Å²) in [6, 6.07) is 7.48. The number of aryl methyl sites for hydroxylation is 1. The SMILES string of the molecule is Cc1c(-c2cncc(C(=O)NCC(C)(C)NC(=O)OC(C)(C)C)n2)n(C(=O)OC(C)(C)C)c2ccccc12. The number of hydrogen-bond acceptors (Lipinski definition) is 7. The molecule has 2 aromatic heterocycles. The number of rotatable bonds is 5. The molecular formula is C28H37N5O5. The van der Waals surface area contributed by atoms with Crippen LogP contribution >= 0.6 is 0 Å². The molecule has 0 aliphatic rings. The number of benzene rings is 1. The van der Waals surface area contributed by atoms with Gasteiger partial charge in [-0.1, -0.05) is 18.2 Å². The van der Waals surface area contributed by atoms with Gasteiger partial charge in [0.2, 0.25) is 0 Å². The Morgan fingerprint density at radius 1 is 0.921 bits per heavy atom. The van der Waals surface area contributed by atoms with Crippen LogP contribution in [0.2, 0.25) is 0 Å². The van der Waals surface area contributed by atoms with Crippen molar-refractivity contribution in [1.29, 1.82) is 0 Å². The number of aromatic nitrogens is 3. The second-order valence-electron chi connectivity index (χ2n) is 11.8. The van der Waals surface area contributed by atoms with Crippen molar-refractivity contribution < 1.29 is 23.9 Å². The number of fused-ring (bicyclic) bond motifs is 1. The molecule has 1 aromatic carbocycles. The number of hydrogen-bond donors (Lipinski definition) is 2. The van der Waals surface area contributed by atoms with Crippen LogP contribution in [-0.4, -0.2) is 55.9 Å². The summed E-state index contributed by atoms with van der Waals surface area (Å²) in [6.07, 6.45) is 1.72. The van der Waals surface area contributed by atoms with Gasteiger partial charge in [-0.05, 0) is 73.9 Å². The van der Waals surface area contributed by atoms with E-state index in [-0.39, 0.29) is 12.2 Å². The third kappa shape index (κ3) is 7.08. The van der Waals surface area contributed by atoms with Crippen LogP contribution in [0.5, 0.6) is 0 Å². The Labute approximate surface area is 223 Å². The third-order valence-corrected chi connectivity index (χ3v) is 5.34. The molecule has 0 aliphatic carbocycles. The molecule has 2 N–H and O–H groups in total. The van der Waals surface area contributed by atoms with Gasteiger partial charge < -0.3 is 20.1 Å². The molecule has 0 radical (unpaired) electrons. The summed E-state index contributed by atoms with van der Waals surface area (Å²) < 4.78 is 12.4. The van der Waals surface area contributed by atoms with Gasteiger partial charge in [0.25, 0.3) is 5.91 Å². The summed E-state index contributed by atoms with van der Waals surface area (Å²) in [5.74, 6) is -0.476. The van der Waals surface area contributed by atoms with Crippen molar-refractivity contribution in [2.45, 2.75) is 79.1 Å². The van der Waals surface area contributed by atoms with Gasteiger partial charge in [0, 0.05) is 11.9 Å². The summed E-state index contributed by atoms with van der Waals surface area (Å²) in [6.45, 7) is 16.3. The van der Waals surface area contributed by atoms with Crippen molar-refractivity contribution >= 4 is 29.0 Å². The van der Waals surface area contributed by atoms with Gasteiger partial charge in [-0.15, -0.1) is 0 Å². The topological polar surface area (TPSA) is 124 Å². The molecule has 0 unspecified atom stereocenters. The highest BCUT2D eigenvalue weighted by Crippen LogP contribution is 2.33. The number of amides is 2. The van der Waals surface area contributed by atoms with Gasteiger partial charge in [0.1, 0.15) is 22.6 Å². The Balaban J connectivity index is 1.89. The van der Waals surface area contributed by atoms with Crippen molar-refractivity contribution in [3.8, 4) is 11.4 Å². The van der Waals surface area contributed by atoms with Gasteiger partial charge in [-0.2, -0.15) is 0 Å². The molecule has 0 saturated carbocycles. The van der Waals surface area contributed by atoms with E-state index in [1.165, 1.54) is 17.0 Å². The van der Waals surface area contributed by atoms with Gasteiger partial charge in [-0.25, -0.2) is 19.1 Å². The van der Waals surface area contributed by atoms with Crippen LogP contribution in [0, 0.1) is 6.92 Å². The van der Waals surface area contributed by atoms with E-state index in [4.69, 9.17) is 9.47 Å². The zero-order valence-corrected chi connectivity index (χ0v) is 23.6. The van der Waals surface area contributed by atoms with Crippen LogP contribution < -0.4 is 10.6 Å². The molecule has 3 rings (SSSR count). The average molecular weight is 524 g/mol. The number of alkyl carbamates (subject to hydrolysis) is 1. The molecule has 0 aliphatic heterocycles. The molecule has 0 bridgehead atoms. The summed E-state index contributed by atoms with van der Waals surface area (Å²) in [4.78, 5) is 47.2. The second-order valence-corrected chi connectivity index (χ2v) is 11.8. The van der Waals surface area contributed by atoms with E-state index in [1.54, 1.807) is 55.4 Å². The van der Waals surface area contributed by atoms with E-state index in [9.17, 15) is 14.4 Å². The fourth-order valence-corrected chi connectivity index (χ4v) is 3.81. The van der Waals surface area contributed by atoms with E-state index in [0.29, 0.717) is 16.9 Å². The maximum Gasteiger partial charge on any atom is 0.419 e. The normalized spacial score (nSPS) is 12.2. The van der Waals surface area contributed by atoms with Crippen LogP contribution in [0.1, 0.15) is 71.4 Å². The predicted molar refractivity (Wildman–Crippen MR) is 145 cm³/mol. The van der Waals surface area contributed by atoms with Crippen molar-refractivity contribution in [2.75, 3.05) is 6.54 Å². The minimum atomic E-state index is -0.789. The first-order valence-electron chi connectivity index (χ1n) is 12.4. The quantitative estimate of drug-likeness (QED) is 0.470. The highest BCUT2D eigenvalue weighted by atomic mass is 16.6. The number of carbonyl (C=O) groups is 3. The molecule has 204 valence electrons. The van der Waals surface area contributed by atoms with Crippen LogP contribution in [0.3, 0.4) is 0 Å². The van der Waals surface area contributed by atoms with Crippen LogP contribution in [-0.2, 0) is 9.47 Å². The Hall–Kier alpha value is -3.95. The van der Waals surface area contributed by atoms with Crippen LogP contribution in [0.4, 0.5) is 9.59 Å². The lowest BCUT2D eigenvalue weighted by Crippen LogP contribution is -2.52. The van der Waals surface area contributed by atoms with E-state index in [2.05, 4.69) is 20.6 Å². The van der Waals surface area contributed by atoms with Gasteiger partial charge in [0.05, 0.1) is 29.1 Å². The first-order chi connectivity index (χ1) is 17.5. The number of para-hydroxylation sites is 1. The van der Waals surface area contributed by atoms with Gasteiger partial charge in [0.15, 0.2) is 0 Å². The highest BCUT2D eigenvalue weighted by molar-refractivity contribution is 5.99. The fourth-order valence-electron chi connectivity index (χ4n) is 3.81. The fraction of sp³-hybridized carbons (Fsp3) is 0.464. The molecule has 0 atom stereocenters. The molecule has 2 heterocycles. The molecule has 38 heavy (non-hydrogen) atoms. The van der Waals surface area contributed by atoms with Crippen molar-refractivity contribution in [1.82, 2.24) is 25.2 Å². The minimum absolute atomic E-state index is 0.0657. The first kappa shape index (κ1) is 28.6. The first-order valence-corrected chi connectivity index (χ1v) is 12.4. The third-order valence-electron chi connectivity index (χ3n) is 5.34. The Morgan fingerprint density at radius 3 is 2.18 bits per heavy atom. The maximum absolute atomic E-state index is 13.3. The molecule has 0 saturated heterocycles. The molecular weight excluding hydrogens is 486 g/mol. The molecule has 10 nitrogen and oxygen atoms in total. The Morgan fingerprint density at radius 2 is 1.55 bits per heavy atom. The molecule has 0 fully saturated rings. The summed E-state index contributed by atoms with van der Waals surface area (Å²) >= 11 is 0. The molecule has 0 spiro atoms. The van der Waals surface area contributed by atoms with E-state index in [0.717, 1.165) is 10.9 Å². The smallest absolute Gasteiger partial charge is 0.419 e. The number of ether oxygens (including phenoxy) is 2. The average Bonchev–Trinajstić information content (AvgIpc) is 3.07. The van der Waals surface area contributed by atoms with Gasteiger partial charge in [-0.3, -0.25) is 9.78 Å².